The number of carbonyl (C=O) groups is 1. The summed E-state index contributed by atoms with van der Waals surface area (Å²) in [5.41, 5.74) is 0.946. The fourth-order valence-corrected chi connectivity index (χ4v) is 1.97. The molecule has 18 heavy (non-hydrogen) atoms. The third kappa shape index (κ3) is 3.02. The molecule has 3 nitrogen and oxygen atoms in total. The number of hydrogen-bond donors (Lipinski definition) is 1. The smallest absolute Gasteiger partial charge is 0.255 e. The summed E-state index contributed by atoms with van der Waals surface area (Å²) < 4.78 is 0.661. The minimum atomic E-state index is -0.276. The van der Waals surface area contributed by atoms with Crippen LogP contribution in [0.4, 0.5) is 5.69 Å². The molecule has 0 bridgehead atoms. The topological polar surface area (TPSA) is 42.0 Å². The molecular formula is C12H7BrCl2N2O. The second kappa shape index (κ2) is 5.69. The molecule has 1 aromatic carbocycles. The van der Waals surface area contributed by atoms with Crippen molar-refractivity contribution in [3.63, 3.8) is 0 Å². The van der Waals surface area contributed by atoms with Gasteiger partial charge in [0.1, 0.15) is 0 Å². The Morgan fingerprint density at radius 1 is 1.28 bits per heavy atom. The number of nitrogens with one attached hydrogen (secondary N) is 1. The lowest BCUT2D eigenvalue weighted by Crippen LogP contribution is -2.12. The molecule has 0 atom stereocenters. The van der Waals surface area contributed by atoms with Crippen LogP contribution in [0.2, 0.25) is 10.2 Å². The van der Waals surface area contributed by atoms with Gasteiger partial charge in [-0.2, -0.15) is 0 Å². The van der Waals surface area contributed by atoms with E-state index >= 15 is 0 Å². The second-order valence-corrected chi connectivity index (χ2v) is 5.04. The van der Waals surface area contributed by atoms with Gasteiger partial charge < -0.3 is 5.32 Å². The van der Waals surface area contributed by atoms with E-state index in [1.807, 2.05) is 0 Å². The zero-order valence-corrected chi connectivity index (χ0v) is 12.1. The Hall–Kier alpha value is -1.10. The standard InChI is InChI=1S/C12H7BrCl2N2O/c13-8-6-7(3-4-9(8)14)12(18)17-10-2-1-5-16-11(10)15/h1-6H,(H,17,18). The Morgan fingerprint density at radius 2 is 2.06 bits per heavy atom. The van der Waals surface area contributed by atoms with Crippen molar-refractivity contribution in [1.82, 2.24) is 4.98 Å². The molecule has 92 valence electrons. The first-order valence-corrected chi connectivity index (χ1v) is 6.50. The molecule has 2 aromatic rings. The highest BCUT2D eigenvalue weighted by atomic mass is 79.9. The van der Waals surface area contributed by atoms with Gasteiger partial charge in [-0.05, 0) is 46.3 Å². The van der Waals surface area contributed by atoms with Crippen molar-refractivity contribution in [3.05, 3.63) is 56.7 Å². The van der Waals surface area contributed by atoms with Crippen molar-refractivity contribution in [2.24, 2.45) is 0 Å². The molecule has 0 spiro atoms. The van der Waals surface area contributed by atoms with Crippen LogP contribution in [0, 0.1) is 0 Å². The van der Waals surface area contributed by atoms with Gasteiger partial charge in [0.2, 0.25) is 0 Å². The van der Waals surface area contributed by atoms with Crippen LogP contribution in [0.25, 0.3) is 0 Å². The number of nitrogens with zero attached hydrogens (tertiary/aromatic N) is 1. The Balaban J connectivity index is 2.22. The van der Waals surface area contributed by atoms with Gasteiger partial charge in [-0.15, -0.1) is 0 Å². The van der Waals surface area contributed by atoms with Crippen LogP contribution in [0.3, 0.4) is 0 Å². The minimum absolute atomic E-state index is 0.249. The van der Waals surface area contributed by atoms with Crippen LogP contribution in [-0.4, -0.2) is 10.9 Å². The fourth-order valence-electron chi connectivity index (χ4n) is 1.31. The summed E-state index contributed by atoms with van der Waals surface area (Å²) in [4.78, 5) is 15.8. The molecular weight excluding hydrogens is 339 g/mol. The SMILES string of the molecule is O=C(Nc1cccnc1Cl)c1ccc(Cl)c(Br)c1. The third-order valence-corrected chi connectivity index (χ3v) is 3.70. The summed E-state index contributed by atoms with van der Waals surface area (Å²) in [7, 11) is 0. The minimum Gasteiger partial charge on any atom is -0.319 e. The molecule has 1 heterocycles. The number of pyridine rings is 1. The quantitative estimate of drug-likeness (QED) is 0.819. The number of rotatable bonds is 2. The number of hydrogen-bond acceptors (Lipinski definition) is 2. The first-order valence-electron chi connectivity index (χ1n) is 4.95. The summed E-state index contributed by atoms with van der Waals surface area (Å²) in [6.45, 7) is 0. The largest absolute Gasteiger partial charge is 0.319 e. The fraction of sp³-hybridized carbons (Fsp3) is 0. The lowest BCUT2D eigenvalue weighted by molar-refractivity contribution is 0.102. The van der Waals surface area contributed by atoms with Crippen LogP contribution in [0.15, 0.2) is 41.0 Å². The number of amides is 1. The molecule has 0 fully saturated rings. The number of benzene rings is 1. The summed E-state index contributed by atoms with van der Waals surface area (Å²) in [5, 5.41) is 3.47. The molecule has 1 aromatic heterocycles. The average molecular weight is 346 g/mol. The van der Waals surface area contributed by atoms with Gasteiger partial charge in [0.15, 0.2) is 5.15 Å². The van der Waals surface area contributed by atoms with E-state index in [-0.39, 0.29) is 11.1 Å². The highest BCUT2D eigenvalue weighted by molar-refractivity contribution is 9.10. The Kier molecular flexibility index (Phi) is 4.22. The predicted molar refractivity (Wildman–Crippen MR) is 76.4 cm³/mol. The summed E-state index contributed by atoms with van der Waals surface area (Å²) in [6.07, 6.45) is 1.55. The van der Waals surface area contributed by atoms with Crippen molar-refractivity contribution < 1.29 is 4.79 Å². The molecule has 0 saturated heterocycles. The molecule has 2 rings (SSSR count). The molecule has 0 aliphatic heterocycles. The van der Waals surface area contributed by atoms with Gasteiger partial charge in [-0.3, -0.25) is 4.79 Å². The van der Waals surface area contributed by atoms with Crippen molar-refractivity contribution >= 4 is 50.7 Å². The third-order valence-electron chi connectivity index (χ3n) is 2.19. The maximum Gasteiger partial charge on any atom is 0.255 e. The molecule has 0 aliphatic rings. The zero-order valence-electron chi connectivity index (χ0n) is 8.95. The van der Waals surface area contributed by atoms with Crippen LogP contribution in [0.1, 0.15) is 10.4 Å². The first kappa shape index (κ1) is 13.3. The highest BCUT2D eigenvalue weighted by Crippen LogP contribution is 2.24. The van der Waals surface area contributed by atoms with Crippen molar-refractivity contribution in [2.75, 3.05) is 5.32 Å². The van der Waals surface area contributed by atoms with Gasteiger partial charge in [-0.25, -0.2) is 4.98 Å². The Morgan fingerprint density at radius 3 is 2.72 bits per heavy atom. The van der Waals surface area contributed by atoms with E-state index < -0.39 is 0 Å². The Labute approximate surface area is 122 Å². The summed E-state index contributed by atoms with van der Waals surface area (Å²) in [5.74, 6) is -0.276. The van der Waals surface area contributed by atoms with E-state index in [1.165, 1.54) is 0 Å². The Bertz CT molecular complexity index is 604. The number of carbonyl (C=O) groups excluding carboxylic acids is 1. The van der Waals surface area contributed by atoms with Gasteiger partial charge in [0.25, 0.3) is 5.91 Å². The molecule has 0 aliphatic carbocycles. The number of halogens is 3. The molecule has 0 radical (unpaired) electrons. The number of aromatic nitrogens is 1. The lowest BCUT2D eigenvalue weighted by atomic mass is 10.2. The van der Waals surface area contributed by atoms with E-state index in [4.69, 9.17) is 23.2 Å². The van der Waals surface area contributed by atoms with E-state index in [2.05, 4.69) is 26.2 Å². The van der Waals surface area contributed by atoms with Crippen molar-refractivity contribution in [2.45, 2.75) is 0 Å². The molecule has 0 saturated carbocycles. The van der Waals surface area contributed by atoms with Crippen molar-refractivity contribution in [3.8, 4) is 0 Å². The van der Waals surface area contributed by atoms with Crippen LogP contribution in [-0.2, 0) is 0 Å². The van der Waals surface area contributed by atoms with Gasteiger partial charge >= 0.3 is 0 Å². The van der Waals surface area contributed by atoms with Crippen LogP contribution < -0.4 is 5.32 Å². The summed E-state index contributed by atoms with van der Waals surface area (Å²) in [6, 6.07) is 8.29. The van der Waals surface area contributed by atoms with E-state index in [0.29, 0.717) is 20.7 Å². The van der Waals surface area contributed by atoms with Gasteiger partial charge in [0, 0.05) is 16.2 Å². The molecule has 6 heteroatoms. The number of anilines is 1. The predicted octanol–water partition coefficient (Wildman–Crippen LogP) is 4.40. The van der Waals surface area contributed by atoms with Crippen LogP contribution >= 0.6 is 39.1 Å². The zero-order chi connectivity index (χ0) is 13.1. The molecule has 0 unspecified atom stereocenters. The van der Waals surface area contributed by atoms with E-state index in [0.717, 1.165) is 0 Å². The summed E-state index contributed by atoms with van der Waals surface area (Å²) >= 11 is 15.0. The highest BCUT2D eigenvalue weighted by Gasteiger charge is 2.10. The monoisotopic (exact) mass is 344 g/mol. The van der Waals surface area contributed by atoms with Crippen LogP contribution in [0.5, 0.6) is 0 Å². The normalized spacial score (nSPS) is 10.2. The second-order valence-electron chi connectivity index (χ2n) is 3.42. The molecule has 1 amide bonds. The first-order chi connectivity index (χ1) is 8.58. The van der Waals surface area contributed by atoms with Crippen molar-refractivity contribution in [1.29, 1.82) is 0 Å². The maximum absolute atomic E-state index is 12.0. The van der Waals surface area contributed by atoms with E-state index in [1.54, 1.807) is 36.5 Å². The molecule has 1 N–H and O–H groups in total. The van der Waals surface area contributed by atoms with Gasteiger partial charge in [0.05, 0.1) is 10.7 Å². The average Bonchev–Trinajstić information content (AvgIpc) is 2.35. The lowest BCUT2D eigenvalue weighted by Gasteiger charge is -2.07. The maximum atomic E-state index is 12.0. The van der Waals surface area contributed by atoms with E-state index in [9.17, 15) is 4.79 Å². The van der Waals surface area contributed by atoms with Gasteiger partial charge in [-0.1, -0.05) is 23.2 Å².